The van der Waals surface area contributed by atoms with Crippen LogP contribution in [0.3, 0.4) is 0 Å². The number of nitrogens with zero attached hydrogens (tertiary/aromatic N) is 1. The van der Waals surface area contributed by atoms with Crippen LogP contribution in [0.4, 0.5) is 13.2 Å². The van der Waals surface area contributed by atoms with Gasteiger partial charge in [0.1, 0.15) is 0 Å². The highest BCUT2D eigenvalue weighted by Gasteiger charge is 2.18. The summed E-state index contributed by atoms with van der Waals surface area (Å²) in [5.41, 5.74) is 5.84. The summed E-state index contributed by atoms with van der Waals surface area (Å²) in [5.74, 6) is -4.37. The minimum absolute atomic E-state index is 0.0234. The summed E-state index contributed by atoms with van der Waals surface area (Å²) in [7, 11) is 1.48. The van der Waals surface area contributed by atoms with Crippen LogP contribution in [-0.2, 0) is 11.3 Å². The van der Waals surface area contributed by atoms with Gasteiger partial charge in [-0.15, -0.1) is 0 Å². The lowest BCUT2D eigenvalue weighted by Gasteiger charge is -2.21. The molecule has 0 fully saturated rings. The summed E-state index contributed by atoms with van der Waals surface area (Å²) in [6, 6.07) is 1.10. The van der Waals surface area contributed by atoms with Gasteiger partial charge in [-0.25, -0.2) is 13.2 Å². The molecule has 0 aliphatic rings. The molecule has 1 unspecified atom stereocenters. The van der Waals surface area contributed by atoms with Crippen LogP contribution in [-0.4, -0.2) is 23.9 Å². The number of carbonyl (C=O) groups excluding carboxylic acids is 1. The predicted molar refractivity (Wildman–Crippen MR) is 65.7 cm³/mol. The van der Waals surface area contributed by atoms with E-state index < -0.39 is 23.5 Å². The van der Waals surface area contributed by atoms with E-state index in [1.54, 1.807) is 0 Å². The summed E-state index contributed by atoms with van der Waals surface area (Å²) >= 11 is 0. The van der Waals surface area contributed by atoms with Gasteiger partial charge in [0, 0.05) is 13.6 Å². The van der Waals surface area contributed by atoms with Gasteiger partial charge in [-0.1, -0.05) is 13.3 Å². The molecule has 0 radical (unpaired) electrons. The van der Waals surface area contributed by atoms with Crippen LogP contribution in [0.25, 0.3) is 0 Å². The smallest absolute Gasteiger partial charge is 0.239 e. The highest BCUT2D eigenvalue weighted by Crippen LogP contribution is 2.15. The second-order valence-corrected chi connectivity index (χ2v) is 4.46. The Balaban J connectivity index is 2.77. The Hall–Kier alpha value is -1.56. The fourth-order valence-electron chi connectivity index (χ4n) is 1.77. The Bertz CT molecular complexity index is 442. The lowest BCUT2D eigenvalue weighted by atomic mass is 10.1. The normalized spacial score (nSPS) is 12.3. The molecule has 0 heterocycles. The highest BCUT2D eigenvalue weighted by molar-refractivity contribution is 5.81. The number of benzene rings is 1. The van der Waals surface area contributed by atoms with Crippen molar-refractivity contribution < 1.29 is 18.0 Å². The van der Waals surface area contributed by atoms with Crippen molar-refractivity contribution in [1.82, 2.24) is 4.90 Å². The van der Waals surface area contributed by atoms with E-state index in [0.717, 1.165) is 18.6 Å². The van der Waals surface area contributed by atoms with Gasteiger partial charge in [-0.05, 0) is 24.1 Å². The second-order valence-electron chi connectivity index (χ2n) is 4.46. The molecule has 0 saturated carbocycles. The van der Waals surface area contributed by atoms with Gasteiger partial charge in [0.05, 0.1) is 6.04 Å². The number of hydrogen-bond acceptors (Lipinski definition) is 2. The van der Waals surface area contributed by atoms with E-state index >= 15 is 0 Å². The Labute approximate surface area is 110 Å². The standard InChI is InChI=1S/C13H17F3N2O/c1-3-4-11(17)13(19)18(2)7-8-5-9(14)12(16)10(15)6-8/h5-6,11H,3-4,7,17H2,1-2H3. The molecular weight excluding hydrogens is 257 g/mol. The molecule has 1 aromatic rings. The number of halogens is 3. The number of rotatable bonds is 5. The van der Waals surface area contributed by atoms with Gasteiger partial charge < -0.3 is 10.6 Å². The summed E-state index contributed by atoms with van der Waals surface area (Å²) in [6.45, 7) is 1.88. The lowest BCUT2D eigenvalue weighted by molar-refractivity contribution is -0.132. The molecule has 0 aliphatic heterocycles. The van der Waals surface area contributed by atoms with Crippen molar-refractivity contribution in [3.05, 3.63) is 35.1 Å². The van der Waals surface area contributed by atoms with Crippen molar-refractivity contribution in [3.8, 4) is 0 Å². The maximum Gasteiger partial charge on any atom is 0.239 e. The molecule has 0 spiro atoms. The summed E-state index contributed by atoms with van der Waals surface area (Å²) < 4.78 is 38.8. The lowest BCUT2D eigenvalue weighted by Crippen LogP contribution is -2.41. The second kappa shape index (κ2) is 6.56. The van der Waals surface area contributed by atoms with Crippen LogP contribution in [0.1, 0.15) is 25.3 Å². The molecule has 2 N–H and O–H groups in total. The third-order valence-electron chi connectivity index (χ3n) is 2.76. The third-order valence-corrected chi connectivity index (χ3v) is 2.76. The quantitative estimate of drug-likeness (QED) is 0.837. The summed E-state index contributed by atoms with van der Waals surface area (Å²) in [4.78, 5) is 13.1. The summed E-state index contributed by atoms with van der Waals surface area (Å²) in [6.07, 6.45) is 1.30. The highest BCUT2D eigenvalue weighted by atomic mass is 19.2. The molecule has 1 atom stereocenters. The third kappa shape index (κ3) is 3.96. The van der Waals surface area contributed by atoms with Crippen molar-refractivity contribution in [2.75, 3.05) is 7.05 Å². The zero-order valence-electron chi connectivity index (χ0n) is 10.9. The number of amides is 1. The van der Waals surface area contributed by atoms with Crippen LogP contribution in [0, 0.1) is 17.5 Å². The molecule has 0 bridgehead atoms. The van der Waals surface area contributed by atoms with E-state index in [1.807, 2.05) is 6.92 Å². The number of nitrogens with two attached hydrogens (primary N) is 1. The van der Waals surface area contributed by atoms with E-state index in [2.05, 4.69) is 0 Å². The first-order valence-corrected chi connectivity index (χ1v) is 6.00. The largest absolute Gasteiger partial charge is 0.340 e. The molecule has 1 aromatic carbocycles. The molecule has 1 amide bonds. The minimum atomic E-state index is -1.51. The average Bonchev–Trinajstić information content (AvgIpc) is 2.35. The molecule has 0 aliphatic carbocycles. The zero-order chi connectivity index (χ0) is 14.6. The SMILES string of the molecule is CCCC(N)C(=O)N(C)Cc1cc(F)c(F)c(F)c1. The maximum absolute atomic E-state index is 13.0. The van der Waals surface area contributed by atoms with Crippen LogP contribution >= 0.6 is 0 Å². The minimum Gasteiger partial charge on any atom is -0.340 e. The number of carbonyl (C=O) groups is 1. The van der Waals surface area contributed by atoms with Gasteiger partial charge in [-0.2, -0.15) is 0 Å². The monoisotopic (exact) mass is 274 g/mol. The summed E-state index contributed by atoms with van der Waals surface area (Å²) in [5, 5.41) is 0. The van der Waals surface area contributed by atoms with Gasteiger partial charge in [0.2, 0.25) is 5.91 Å². The molecule has 19 heavy (non-hydrogen) atoms. The Kier molecular flexibility index (Phi) is 5.35. The van der Waals surface area contributed by atoms with Crippen molar-refractivity contribution >= 4 is 5.91 Å². The molecule has 0 saturated heterocycles. The molecule has 0 aromatic heterocycles. The maximum atomic E-state index is 13.0. The molecule has 106 valence electrons. The fraction of sp³-hybridized carbons (Fsp3) is 0.462. The average molecular weight is 274 g/mol. The van der Waals surface area contributed by atoms with Crippen molar-refractivity contribution in [3.63, 3.8) is 0 Å². The van der Waals surface area contributed by atoms with Crippen molar-refractivity contribution in [2.45, 2.75) is 32.4 Å². The molecular formula is C13H17F3N2O. The van der Waals surface area contributed by atoms with Gasteiger partial charge in [0.25, 0.3) is 0 Å². The Morgan fingerprint density at radius 2 is 1.84 bits per heavy atom. The Morgan fingerprint density at radius 3 is 2.32 bits per heavy atom. The fourth-order valence-corrected chi connectivity index (χ4v) is 1.77. The van der Waals surface area contributed by atoms with E-state index in [-0.39, 0.29) is 18.0 Å². The van der Waals surface area contributed by atoms with Crippen LogP contribution in [0.15, 0.2) is 12.1 Å². The van der Waals surface area contributed by atoms with Crippen molar-refractivity contribution in [1.29, 1.82) is 0 Å². The number of likely N-dealkylation sites (N-methyl/N-ethyl adjacent to an activating group) is 1. The van der Waals surface area contributed by atoms with E-state index in [9.17, 15) is 18.0 Å². The predicted octanol–water partition coefficient (Wildman–Crippen LogP) is 2.19. The van der Waals surface area contributed by atoms with E-state index in [1.165, 1.54) is 11.9 Å². The van der Waals surface area contributed by atoms with Crippen LogP contribution < -0.4 is 5.73 Å². The van der Waals surface area contributed by atoms with E-state index in [0.29, 0.717) is 6.42 Å². The molecule has 1 rings (SSSR count). The molecule has 6 heteroatoms. The first kappa shape index (κ1) is 15.5. The van der Waals surface area contributed by atoms with Gasteiger partial charge >= 0.3 is 0 Å². The zero-order valence-corrected chi connectivity index (χ0v) is 10.9. The first-order chi connectivity index (χ1) is 8.86. The van der Waals surface area contributed by atoms with Crippen molar-refractivity contribution in [2.24, 2.45) is 5.73 Å². The first-order valence-electron chi connectivity index (χ1n) is 6.00. The number of hydrogen-bond donors (Lipinski definition) is 1. The molecule has 3 nitrogen and oxygen atoms in total. The van der Waals surface area contributed by atoms with Crippen LogP contribution in [0.2, 0.25) is 0 Å². The topological polar surface area (TPSA) is 46.3 Å². The van der Waals surface area contributed by atoms with Gasteiger partial charge in [-0.3, -0.25) is 4.79 Å². The van der Waals surface area contributed by atoms with Crippen LogP contribution in [0.5, 0.6) is 0 Å². The van der Waals surface area contributed by atoms with Gasteiger partial charge in [0.15, 0.2) is 17.5 Å². The van der Waals surface area contributed by atoms with E-state index in [4.69, 9.17) is 5.73 Å². The Morgan fingerprint density at radius 1 is 1.32 bits per heavy atom.